The van der Waals surface area contributed by atoms with Crippen LogP contribution in [0.25, 0.3) is 11.0 Å². The summed E-state index contributed by atoms with van der Waals surface area (Å²) >= 11 is 8.72. The minimum atomic E-state index is -4.63. The summed E-state index contributed by atoms with van der Waals surface area (Å²) in [4.78, 5) is 6.57. The predicted octanol–water partition coefficient (Wildman–Crippen LogP) is 2.80. The fourth-order valence-corrected chi connectivity index (χ4v) is 2.16. The average molecular weight is 315 g/mol. The topological polar surface area (TPSA) is 43.6 Å². The van der Waals surface area contributed by atoms with Crippen molar-refractivity contribution in [3.05, 3.63) is 15.6 Å². The van der Waals surface area contributed by atoms with Crippen LogP contribution >= 0.6 is 27.5 Å². The lowest BCUT2D eigenvalue weighted by molar-refractivity contribution is -0.144. The van der Waals surface area contributed by atoms with Crippen LogP contribution in [0.5, 0.6) is 0 Å². The molecule has 16 heavy (non-hydrogen) atoms. The quantitative estimate of drug-likeness (QED) is 0.702. The van der Waals surface area contributed by atoms with Crippen molar-refractivity contribution in [1.82, 2.24) is 19.7 Å². The highest BCUT2D eigenvalue weighted by Gasteiger charge is 2.36. The minimum Gasteiger partial charge on any atom is -0.249 e. The van der Waals surface area contributed by atoms with Gasteiger partial charge in [0.05, 0.1) is 5.39 Å². The van der Waals surface area contributed by atoms with E-state index in [0.717, 1.165) is 0 Å². The highest BCUT2D eigenvalue weighted by molar-refractivity contribution is 9.10. The van der Waals surface area contributed by atoms with E-state index in [9.17, 15) is 13.2 Å². The zero-order valence-electron chi connectivity index (χ0n) is 7.68. The van der Waals surface area contributed by atoms with Crippen LogP contribution in [0.2, 0.25) is 5.15 Å². The third kappa shape index (κ3) is 1.75. The van der Waals surface area contributed by atoms with E-state index in [1.54, 1.807) is 0 Å². The van der Waals surface area contributed by atoms with E-state index in [1.165, 1.54) is 11.7 Å². The molecule has 0 fully saturated rings. The highest BCUT2D eigenvalue weighted by Crippen LogP contribution is 2.32. The molecule has 9 heteroatoms. The molecule has 86 valence electrons. The van der Waals surface area contributed by atoms with Crippen LogP contribution in [0.4, 0.5) is 13.2 Å². The fourth-order valence-electron chi connectivity index (χ4n) is 1.19. The Hall–Kier alpha value is -0.890. The second-order valence-corrected chi connectivity index (χ2v) is 4.06. The van der Waals surface area contributed by atoms with E-state index in [-0.39, 0.29) is 16.2 Å². The molecule has 0 radical (unpaired) electrons. The molecule has 2 aromatic heterocycles. The summed E-state index contributed by atoms with van der Waals surface area (Å²) in [5.74, 6) is -1.28. The van der Waals surface area contributed by atoms with Gasteiger partial charge in [0, 0.05) is 7.05 Å². The smallest absolute Gasteiger partial charge is 0.249 e. The van der Waals surface area contributed by atoms with Gasteiger partial charge in [0.15, 0.2) is 5.65 Å². The van der Waals surface area contributed by atoms with E-state index in [0.29, 0.717) is 4.60 Å². The van der Waals surface area contributed by atoms with Gasteiger partial charge in [-0.3, -0.25) is 0 Å². The van der Waals surface area contributed by atoms with Crippen molar-refractivity contribution in [2.45, 2.75) is 6.18 Å². The summed E-state index contributed by atoms with van der Waals surface area (Å²) in [6, 6.07) is 0. The molecular weight excluding hydrogens is 312 g/mol. The van der Waals surface area contributed by atoms with Gasteiger partial charge in [-0.05, 0) is 15.9 Å². The fraction of sp³-hybridized carbons (Fsp3) is 0.286. The van der Waals surface area contributed by atoms with Crippen LogP contribution in [0.15, 0.2) is 4.60 Å². The first-order chi connectivity index (χ1) is 7.30. The lowest BCUT2D eigenvalue weighted by Crippen LogP contribution is -2.11. The number of hydrogen-bond donors (Lipinski definition) is 0. The summed E-state index contributed by atoms with van der Waals surface area (Å²) in [6.45, 7) is 0. The molecule has 2 aromatic rings. The van der Waals surface area contributed by atoms with E-state index < -0.39 is 12.0 Å². The Labute approximate surface area is 101 Å². The molecule has 0 unspecified atom stereocenters. The summed E-state index contributed by atoms with van der Waals surface area (Å²) in [5.41, 5.74) is 0.0270. The Morgan fingerprint density at radius 3 is 2.50 bits per heavy atom. The maximum atomic E-state index is 12.4. The standard InChI is InChI=1S/C7H3BrClF3N4/c1-16-5-2(3(8)15-16)4(9)13-6(14-5)7(10,11)12/h1H3. The zero-order valence-corrected chi connectivity index (χ0v) is 10.0. The molecule has 0 spiro atoms. The maximum Gasteiger partial charge on any atom is 0.451 e. The third-order valence-corrected chi connectivity index (χ3v) is 2.68. The number of halogens is 5. The Bertz CT molecular complexity index is 565. The number of aryl methyl sites for hydroxylation is 1. The van der Waals surface area contributed by atoms with Crippen LogP contribution in [-0.2, 0) is 13.2 Å². The van der Waals surface area contributed by atoms with E-state index in [4.69, 9.17) is 11.6 Å². The Morgan fingerprint density at radius 2 is 1.94 bits per heavy atom. The number of nitrogens with zero attached hydrogens (tertiary/aromatic N) is 4. The van der Waals surface area contributed by atoms with Gasteiger partial charge in [0.2, 0.25) is 5.82 Å². The molecular formula is C7H3BrClF3N4. The van der Waals surface area contributed by atoms with Gasteiger partial charge in [-0.25, -0.2) is 14.6 Å². The zero-order chi connectivity index (χ0) is 12.1. The summed E-state index contributed by atoms with van der Waals surface area (Å²) in [7, 11) is 1.47. The molecule has 0 aliphatic rings. The van der Waals surface area contributed by atoms with Crippen LogP contribution in [0.3, 0.4) is 0 Å². The molecule has 0 atom stereocenters. The Balaban J connectivity index is 2.82. The van der Waals surface area contributed by atoms with Crippen LogP contribution in [0, 0.1) is 0 Å². The molecule has 0 saturated heterocycles. The summed E-state index contributed by atoms with van der Waals surface area (Å²) in [6.07, 6.45) is -4.63. The van der Waals surface area contributed by atoms with Gasteiger partial charge in [0.1, 0.15) is 9.76 Å². The second kappa shape index (κ2) is 3.56. The van der Waals surface area contributed by atoms with Gasteiger partial charge >= 0.3 is 6.18 Å². The first-order valence-electron chi connectivity index (χ1n) is 3.93. The molecule has 2 heterocycles. The molecule has 4 nitrogen and oxygen atoms in total. The van der Waals surface area contributed by atoms with Crippen molar-refractivity contribution in [2.75, 3.05) is 0 Å². The summed E-state index contributed by atoms with van der Waals surface area (Å²) < 4.78 is 38.7. The van der Waals surface area contributed by atoms with Crippen molar-refractivity contribution in [2.24, 2.45) is 7.05 Å². The molecule has 0 aromatic carbocycles. The number of hydrogen-bond acceptors (Lipinski definition) is 3. The first kappa shape index (κ1) is 11.6. The van der Waals surface area contributed by atoms with Crippen LogP contribution < -0.4 is 0 Å². The van der Waals surface area contributed by atoms with E-state index in [1.807, 2.05) is 0 Å². The lowest BCUT2D eigenvalue weighted by Gasteiger charge is -2.05. The molecule has 0 amide bonds. The van der Waals surface area contributed by atoms with Gasteiger partial charge in [-0.1, -0.05) is 11.6 Å². The van der Waals surface area contributed by atoms with Gasteiger partial charge in [0.25, 0.3) is 0 Å². The number of fused-ring (bicyclic) bond motifs is 1. The number of rotatable bonds is 0. The Kier molecular flexibility index (Phi) is 2.58. The molecule has 0 aliphatic carbocycles. The highest BCUT2D eigenvalue weighted by atomic mass is 79.9. The monoisotopic (exact) mass is 314 g/mol. The molecule has 2 rings (SSSR count). The predicted molar refractivity (Wildman–Crippen MR) is 54.0 cm³/mol. The van der Waals surface area contributed by atoms with Gasteiger partial charge in [-0.15, -0.1) is 0 Å². The van der Waals surface area contributed by atoms with E-state index >= 15 is 0 Å². The molecule has 0 N–H and O–H groups in total. The third-order valence-electron chi connectivity index (χ3n) is 1.85. The van der Waals surface area contributed by atoms with Crippen molar-refractivity contribution < 1.29 is 13.2 Å². The van der Waals surface area contributed by atoms with E-state index in [2.05, 4.69) is 31.0 Å². The van der Waals surface area contributed by atoms with Crippen molar-refractivity contribution in [3.8, 4) is 0 Å². The van der Waals surface area contributed by atoms with Crippen molar-refractivity contribution in [1.29, 1.82) is 0 Å². The van der Waals surface area contributed by atoms with Crippen molar-refractivity contribution in [3.63, 3.8) is 0 Å². The van der Waals surface area contributed by atoms with Gasteiger partial charge < -0.3 is 0 Å². The largest absolute Gasteiger partial charge is 0.451 e. The molecule has 0 saturated carbocycles. The second-order valence-electron chi connectivity index (χ2n) is 2.95. The minimum absolute atomic E-state index is 0.0270. The normalized spacial score (nSPS) is 12.4. The average Bonchev–Trinajstić information content (AvgIpc) is 2.41. The summed E-state index contributed by atoms with van der Waals surface area (Å²) in [5, 5.41) is 3.83. The number of alkyl halides is 3. The first-order valence-corrected chi connectivity index (χ1v) is 5.10. The lowest BCUT2D eigenvalue weighted by atomic mass is 10.4. The number of aromatic nitrogens is 4. The maximum absolute atomic E-state index is 12.4. The SMILES string of the molecule is Cn1nc(Br)c2c(Cl)nc(C(F)(F)F)nc21. The van der Waals surface area contributed by atoms with Crippen LogP contribution in [0.1, 0.15) is 5.82 Å². The molecule has 0 bridgehead atoms. The van der Waals surface area contributed by atoms with Gasteiger partial charge in [-0.2, -0.15) is 18.3 Å². The van der Waals surface area contributed by atoms with Crippen LogP contribution in [-0.4, -0.2) is 19.7 Å². The Morgan fingerprint density at radius 1 is 1.31 bits per heavy atom. The van der Waals surface area contributed by atoms with Crippen molar-refractivity contribution >= 4 is 38.6 Å². The molecule has 0 aliphatic heterocycles.